The Kier molecular flexibility index (Phi) is 6.67. The molecule has 1 fully saturated rings. The zero-order chi connectivity index (χ0) is 15.2. The molecular formula is C16H26IN3O. The fraction of sp³-hybridized carbons (Fsp3) is 0.750. The molecule has 0 amide bonds. The van der Waals surface area contributed by atoms with Crippen molar-refractivity contribution in [3.8, 4) is 0 Å². The molecular weight excluding hydrogens is 377 g/mol. The van der Waals surface area contributed by atoms with Crippen LogP contribution in [0, 0.1) is 9.49 Å². The monoisotopic (exact) mass is 403 g/mol. The van der Waals surface area contributed by atoms with Crippen LogP contribution in [0.2, 0.25) is 0 Å². The molecule has 2 rings (SSSR count). The molecule has 5 heteroatoms. The molecule has 0 radical (unpaired) electrons. The average molecular weight is 403 g/mol. The Morgan fingerprint density at radius 2 is 2.00 bits per heavy atom. The topological polar surface area (TPSA) is 47.0 Å². The number of halogens is 1. The van der Waals surface area contributed by atoms with Crippen molar-refractivity contribution < 1.29 is 4.74 Å². The van der Waals surface area contributed by atoms with Crippen molar-refractivity contribution in [1.29, 1.82) is 0 Å². The number of hydrogen-bond donors (Lipinski definition) is 1. The Morgan fingerprint density at radius 1 is 1.29 bits per heavy atom. The molecule has 0 aliphatic carbocycles. The first-order valence-electron chi connectivity index (χ1n) is 7.99. The molecule has 1 N–H and O–H groups in total. The van der Waals surface area contributed by atoms with Crippen molar-refractivity contribution >= 4 is 28.4 Å². The summed E-state index contributed by atoms with van der Waals surface area (Å²) in [6, 6.07) is 0. The fourth-order valence-electron chi connectivity index (χ4n) is 2.53. The minimum Gasteiger partial charge on any atom is -0.381 e. The van der Waals surface area contributed by atoms with Crippen LogP contribution in [0.3, 0.4) is 0 Å². The van der Waals surface area contributed by atoms with E-state index in [9.17, 15) is 0 Å². The lowest BCUT2D eigenvalue weighted by atomic mass is 9.99. The van der Waals surface area contributed by atoms with Gasteiger partial charge in [-0.3, -0.25) is 0 Å². The van der Waals surface area contributed by atoms with Gasteiger partial charge in [-0.25, -0.2) is 9.97 Å². The number of nitrogens with one attached hydrogen (secondary N) is 1. The van der Waals surface area contributed by atoms with Gasteiger partial charge in [-0.2, -0.15) is 0 Å². The summed E-state index contributed by atoms with van der Waals surface area (Å²) in [4.78, 5) is 9.71. The van der Waals surface area contributed by atoms with E-state index in [1.165, 1.54) is 9.26 Å². The van der Waals surface area contributed by atoms with E-state index in [1.807, 2.05) is 0 Å². The highest BCUT2D eigenvalue weighted by Gasteiger charge is 2.22. The third-order valence-electron chi connectivity index (χ3n) is 3.67. The molecule has 1 aliphatic heterocycles. The third-order valence-corrected chi connectivity index (χ3v) is 4.80. The van der Waals surface area contributed by atoms with E-state index in [-0.39, 0.29) is 0 Å². The van der Waals surface area contributed by atoms with E-state index in [0.29, 0.717) is 11.8 Å². The lowest BCUT2D eigenvalue weighted by Gasteiger charge is -2.23. The van der Waals surface area contributed by atoms with Crippen molar-refractivity contribution in [1.82, 2.24) is 9.97 Å². The first-order valence-corrected chi connectivity index (χ1v) is 9.07. The van der Waals surface area contributed by atoms with E-state index in [2.05, 4.69) is 48.7 Å². The van der Waals surface area contributed by atoms with Crippen LogP contribution < -0.4 is 5.32 Å². The maximum absolute atomic E-state index is 5.46. The Hall–Kier alpha value is -0.430. The summed E-state index contributed by atoms with van der Waals surface area (Å²) in [5, 5.41) is 3.47. The molecule has 1 saturated heterocycles. The van der Waals surface area contributed by atoms with E-state index < -0.39 is 0 Å². The Balaban J connectivity index is 2.29. The Morgan fingerprint density at radius 3 is 2.62 bits per heavy atom. The van der Waals surface area contributed by atoms with Gasteiger partial charge in [0.2, 0.25) is 0 Å². The van der Waals surface area contributed by atoms with Gasteiger partial charge in [0, 0.05) is 25.7 Å². The van der Waals surface area contributed by atoms with Crippen LogP contribution >= 0.6 is 22.6 Å². The standard InChI is InChI=1S/C16H26IN3O/c1-4-7-18-16-14(17)13(10-11(2)3)19-15(20-16)12-5-8-21-9-6-12/h11-12H,4-10H2,1-3H3,(H,18,19,20). The number of anilines is 1. The van der Waals surface area contributed by atoms with Gasteiger partial charge in [0.1, 0.15) is 11.6 Å². The molecule has 0 bridgehead atoms. The van der Waals surface area contributed by atoms with Gasteiger partial charge in [-0.15, -0.1) is 0 Å². The number of ether oxygens (including phenoxy) is 1. The Bertz CT molecular complexity index is 459. The summed E-state index contributed by atoms with van der Waals surface area (Å²) in [6.07, 6.45) is 4.19. The molecule has 0 spiro atoms. The zero-order valence-electron chi connectivity index (χ0n) is 13.3. The lowest BCUT2D eigenvalue weighted by molar-refractivity contribution is 0.0835. The number of rotatable bonds is 6. The molecule has 4 nitrogen and oxygen atoms in total. The van der Waals surface area contributed by atoms with Crippen molar-refractivity contribution in [2.75, 3.05) is 25.1 Å². The highest BCUT2D eigenvalue weighted by molar-refractivity contribution is 14.1. The summed E-state index contributed by atoms with van der Waals surface area (Å²) in [5.41, 5.74) is 1.20. The molecule has 21 heavy (non-hydrogen) atoms. The second-order valence-corrected chi connectivity index (χ2v) is 7.18. The molecule has 0 aromatic carbocycles. The van der Waals surface area contributed by atoms with Crippen molar-refractivity contribution in [2.24, 2.45) is 5.92 Å². The number of aromatic nitrogens is 2. The van der Waals surface area contributed by atoms with E-state index >= 15 is 0 Å². The second-order valence-electron chi connectivity index (χ2n) is 6.10. The molecule has 1 aliphatic rings. The maximum atomic E-state index is 5.46. The fourth-order valence-corrected chi connectivity index (χ4v) is 3.19. The van der Waals surface area contributed by atoms with Crippen LogP contribution in [-0.4, -0.2) is 29.7 Å². The highest BCUT2D eigenvalue weighted by atomic mass is 127. The predicted molar refractivity (Wildman–Crippen MR) is 94.9 cm³/mol. The average Bonchev–Trinajstić information content (AvgIpc) is 2.48. The molecule has 2 heterocycles. The van der Waals surface area contributed by atoms with Gasteiger partial charge in [-0.1, -0.05) is 20.8 Å². The molecule has 0 saturated carbocycles. The van der Waals surface area contributed by atoms with Gasteiger partial charge in [0.05, 0.1) is 9.26 Å². The predicted octanol–water partition coefficient (Wildman–Crippen LogP) is 4.00. The van der Waals surface area contributed by atoms with Crippen LogP contribution in [0.1, 0.15) is 57.5 Å². The lowest BCUT2D eigenvalue weighted by Crippen LogP contribution is -2.19. The minimum absolute atomic E-state index is 0.448. The smallest absolute Gasteiger partial charge is 0.143 e. The van der Waals surface area contributed by atoms with Crippen LogP contribution in [0.25, 0.3) is 0 Å². The van der Waals surface area contributed by atoms with E-state index in [1.54, 1.807) is 0 Å². The SMILES string of the molecule is CCCNc1nc(C2CCOCC2)nc(CC(C)C)c1I. The molecule has 1 aromatic heterocycles. The number of nitrogens with zero attached hydrogens (tertiary/aromatic N) is 2. The normalized spacial score (nSPS) is 16.4. The molecule has 0 atom stereocenters. The van der Waals surface area contributed by atoms with E-state index in [4.69, 9.17) is 14.7 Å². The first-order chi connectivity index (χ1) is 10.1. The van der Waals surface area contributed by atoms with E-state index in [0.717, 1.165) is 57.1 Å². The van der Waals surface area contributed by atoms with Crippen molar-refractivity contribution in [3.05, 3.63) is 15.1 Å². The molecule has 0 unspecified atom stereocenters. The van der Waals surface area contributed by atoms with Gasteiger partial charge in [0.15, 0.2) is 0 Å². The summed E-state index contributed by atoms with van der Waals surface area (Å²) in [7, 11) is 0. The maximum Gasteiger partial charge on any atom is 0.143 e. The first kappa shape index (κ1) is 16.9. The zero-order valence-corrected chi connectivity index (χ0v) is 15.4. The quantitative estimate of drug-likeness (QED) is 0.730. The van der Waals surface area contributed by atoms with Gasteiger partial charge < -0.3 is 10.1 Å². The van der Waals surface area contributed by atoms with Crippen LogP contribution in [-0.2, 0) is 11.2 Å². The summed E-state index contributed by atoms with van der Waals surface area (Å²) in [6.45, 7) is 9.28. The van der Waals surface area contributed by atoms with Crippen LogP contribution in [0.15, 0.2) is 0 Å². The molecule has 1 aromatic rings. The van der Waals surface area contributed by atoms with Gasteiger partial charge in [0.25, 0.3) is 0 Å². The highest BCUT2D eigenvalue weighted by Crippen LogP contribution is 2.29. The van der Waals surface area contributed by atoms with Crippen molar-refractivity contribution in [2.45, 2.75) is 52.4 Å². The van der Waals surface area contributed by atoms with Crippen LogP contribution in [0.4, 0.5) is 5.82 Å². The summed E-state index contributed by atoms with van der Waals surface area (Å²) in [5.74, 6) is 3.08. The summed E-state index contributed by atoms with van der Waals surface area (Å²) >= 11 is 2.39. The Labute approximate surface area is 141 Å². The third kappa shape index (κ3) is 4.77. The van der Waals surface area contributed by atoms with Gasteiger partial charge >= 0.3 is 0 Å². The summed E-state index contributed by atoms with van der Waals surface area (Å²) < 4.78 is 6.65. The van der Waals surface area contributed by atoms with Crippen molar-refractivity contribution in [3.63, 3.8) is 0 Å². The second kappa shape index (κ2) is 8.27. The van der Waals surface area contributed by atoms with Crippen LogP contribution in [0.5, 0.6) is 0 Å². The largest absolute Gasteiger partial charge is 0.381 e. The number of hydrogen-bond acceptors (Lipinski definition) is 4. The molecule has 118 valence electrons. The minimum atomic E-state index is 0.448. The van der Waals surface area contributed by atoms with Gasteiger partial charge in [-0.05, 0) is 54.2 Å².